The SMILES string of the molecule is COc1ccc(-c2cc3c(O)cc4c(c3cc2Oc2ccc(N3CCOCC3)cc2)-c2ccccc2C42CC(C)(C)CC(C)(C)C2)c(OC)c1. The second-order valence-electron chi connectivity index (χ2n) is 16.0. The number of anilines is 1. The molecule has 0 aromatic heterocycles. The predicted octanol–water partition coefficient (Wildman–Crippen LogP) is 10.4. The van der Waals surface area contributed by atoms with Gasteiger partial charge in [0.15, 0.2) is 0 Å². The average Bonchev–Trinajstić information content (AvgIpc) is 3.34. The van der Waals surface area contributed by atoms with Crippen molar-refractivity contribution in [2.45, 2.75) is 52.4 Å². The van der Waals surface area contributed by atoms with Crippen LogP contribution in [-0.2, 0) is 10.2 Å². The van der Waals surface area contributed by atoms with Crippen LogP contribution in [0.2, 0.25) is 0 Å². The maximum Gasteiger partial charge on any atom is 0.136 e. The number of hydrogen-bond acceptors (Lipinski definition) is 6. The van der Waals surface area contributed by atoms with Crippen molar-refractivity contribution in [1.29, 1.82) is 0 Å². The van der Waals surface area contributed by atoms with Gasteiger partial charge in [-0.15, -0.1) is 0 Å². The zero-order valence-electron chi connectivity index (χ0n) is 30.1. The molecule has 0 bridgehead atoms. The first-order valence-corrected chi connectivity index (χ1v) is 17.8. The van der Waals surface area contributed by atoms with E-state index in [1.165, 1.54) is 22.3 Å². The van der Waals surface area contributed by atoms with E-state index in [1.54, 1.807) is 14.2 Å². The van der Waals surface area contributed by atoms with E-state index in [-0.39, 0.29) is 22.0 Å². The van der Waals surface area contributed by atoms with Crippen molar-refractivity contribution >= 4 is 16.5 Å². The molecule has 5 aromatic rings. The Morgan fingerprint density at radius 1 is 0.640 bits per heavy atom. The molecule has 50 heavy (non-hydrogen) atoms. The Kier molecular flexibility index (Phi) is 7.79. The highest BCUT2D eigenvalue weighted by Gasteiger charge is 2.53. The molecule has 5 aromatic carbocycles. The third kappa shape index (κ3) is 5.45. The quantitative estimate of drug-likeness (QED) is 0.194. The van der Waals surface area contributed by atoms with E-state index < -0.39 is 0 Å². The van der Waals surface area contributed by atoms with Crippen LogP contribution in [0.4, 0.5) is 5.69 Å². The zero-order valence-corrected chi connectivity index (χ0v) is 30.1. The van der Waals surface area contributed by atoms with Crippen LogP contribution in [0, 0.1) is 10.8 Å². The number of benzene rings is 5. The number of nitrogens with zero attached hydrogens (tertiary/aromatic N) is 1. The summed E-state index contributed by atoms with van der Waals surface area (Å²) in [6.07, 6.45) is 3.21. The normalized spacial score (nSPS) is 18.5. The van der Waals surface area contributed by atoms with Crippen molar-refractivity contribution < 1.29 is 24.1 Å². The second-order valence-corrected chi connectivity index (χ2v) is 16.0. The number of aromatic hydroxyl groups is 1. The molecule has 258 valence electrons. The van der Waals surface area contributed by atoms with E-state index in [0.717, 1.165) is 78.9 Å². The first-order chi connectivity index (χ1) is 24.0. The monoisotopic (exact) mass is 669 g/mol. The van der Waals surface area contributed by atoms with Crippen LogP contribution >= 0.6 is 0 Å². The van der Waals surface area contributed by atoms with Gasteiger partial charge in [-0.25, -0.2) is 0 Å². The highest BCUT2D eigenvalue weighted by molar-refractivity contribution is 6.08. The van der Waals surface area contributed by atoms with Gasteiger partial charge in [0, 0.05) is 46.8 Å². The molecule has 2 aliphatic carbocycles. The molecule has 8 rings (SSSR count). The van der Waals surface area contributed by atoms with Gasteiger partial charge in [0.2, 0.25) is 0 Å². The highest BCUT2D eigenvalue weighted by Crippen LogP contribution is 2.65. The number of fused-ring (bicyclic) bond motifs is 7. The van der Waals surface area contributed by atoms with Crippen LogP contribution in [0.25, 0.3) is 33.0 Å². The van der Waals surface area contributed by atoms with Gasteiger partial charge in [0.25, 0.3) is 0 Å². The van der Waals surface area contributed by atoms with Crippen molar-refractivity contribution in [2.75, 3.05) is 45.4 Å². The molecular weight excluding hydrogens is 622 g/mol. The number of phenols is 1. The van der Waals surface area contributed by atoms with E-state index in [1.807, 2.05) is 30.3 Å². The summed E-state index contributed by atoms with van der Waals surface area (Å²) in [6, 6.07) is 29.3. The summed E-state index contributed by atoms with van der Waals surface area (Å²) in [5.74, 6) is 3.07. The van der Waals surface area contributed by atoms with Crippen molar-refractivity contribution in [3.8, 4) is 51.0 Å². The third-order valence-electron chi connectivity index (χ3n) is 11.1. The minimum Gasteiger partial charge on any atom is -0.507 e. The summed E-state index contributed by atoms with van der Waals surface area (Å²) < 4.78 is 23.8. The lowest BCUT2D eigenvalue weighted by atomic mass is 9.52. The van der Waals surface area contributed by atoms with Crippen molar-refractivity contribution in [3.05, 3.63) is 96.1 Å². The molecule has 0 radical (unpaired) electrons. The molecule has 1 spiro atoms. The second kappa shape index (κ2) is 12.0. The average molecular weight is 670 g/mol. The fraction of sp³-hybridized carbons (Fsp3) is 0.364. The van der Waals surface area contributed by atoms with E-state index in [4.69, 9.17) is 18.9 Å². The van der Waals surface area contributed by atoms with Crippen molar-refractivity contribution in [3.63, 3.8) is 0 Å². The molecule has 1 heterocycles. The molecule has 1 aliphatic heterocycles. The van der Waals surface area contributed by atoms with Gasteiger partial charge >= 0.3 is 0 Å². The predicted molar refractivity (Wildman–Crippen MR) is 201 cm³/mol. The number of hydrogen-bond donors (Lipinski definition) is 1. The number of morpholine rings is 1. The van der Waals surface area contributed by atoms with Gasteiger partial charge in [0.1, 0.15) is 28.7 Å². The smallest absolute Gasteiger partial charge is 0.136 e. The van der Waals surface area contributed by atoms with Crippen molar-refractivity contribution in [2.24, 2.45) is 10.8 Å². The Bertz CT molecular complexity index is 2080. The summed E-state index contributed by atoms with van der Waals surface area (Å²) in [5, 5.41) is 13.8. The molecule has 6 nitrogen and oxygen atoms in total. The van der Waals surface area contributed by atoms with Gasteiger partial charge in [-0.1, -0.05) is 52.0 Å². The first kappa shape index (κ1) is 32.5. The Morgan fingerprint density at radius 3 is 2.04 bits per heavy atom. The molecule has 0 atom stereocenters. The summed E-state index contributed by atoms with van der Waals surface area (Å²) in [5.41, 5.74) is 7.93. The molecule has 6 heteroatoms. The summed E-state index contributed by atoms with van der Waals surface area (Å²) in [7, 11) is 3.31. The lowest BCUT2D eigenvalue weighted by Gasteiger charge is -2.51. The molecule has 1 N–H and O–H groups in total. The number of ether oxygens (including phenoxy) is 4. The Morgan fingerprint density at radius 2 is 1.34 bits per heavy atom. The summed E-state index contributed by atoms with van der Waals surface area (Å²) in [4.78, 5) is 2.34. The number of methoxy groups -OCH3 is 2. The molecule has 3 aliphatic rings. The number of rotatable bonds is 6. The Labute approximate surface area is 295 Å². The Hall–Kier alpha value is -4.68. The van der Waals surface area contributed by atoms with Crippen LogP contribution < -0.4 is 19.1 Å². The van der Waals surface area contributed by atoms with E-state index in [2.05, 4.69) is 87.2 Å². The maximum atomic E-state index is 12.0. The minimum absolute atomic E-state index is 0.136. The highest BCUT2D eigenvalue weighted by atomic mass is 16.5. The fourth-order valence-electron chi connectivity index (χ4n) is 9.85. The zero-order chi connectivity index (χ0) is 34.8. The standard InChI is InChI=1S/C44H47NO5/c1-42(2)25-43(3,4)27-44(26-42)36-10-8-7-9-32(36)41-35-23-40(50-29-13-11-28(12-14-29)45-17-19-49-20-18-45)34(22-33(35)38(46)24-37(41)44)31-16-15-30(47-5)21-39(31)48-6/h7-16,21-24,46H,17-20,25-27H2,1-6H3. The molecule has 2 fully saturated rings. The summed E-state index contributed by atoms with van der Waals surface area (Å²) in [6.45, 7) is 12.8. The van der Waals surface area contributed by atoms with E-state index in [9.17, 15) is 5.11 Å². The topological polar surface area (TPSA) is 60.4 Å². The lowest BCUT2D eigenvalue weighted by molar-refractivity contribution is 0.0645. The van der Waals surface area contributed by atoms with Crippen LogP contribution in [-0.4, -0.2) is 45.6 Å². The molecule has 1 saturated heterocycles. The maximum absolute atomic E-state index is 12.0. The Balaban J connectivity index is 1.35. The number of phenolic OH excluding ortho intramolecular Hbond substituents is 1. The van der Waals surface area contributed by atoms with Gasteiger partial charge < -0.3 is 29.0 Å². The van der Waals surface area contributed by atoms with E-state index in [0.29, 0.717) is 17.2 Å². The van der Waals surface area contributed by atoms with Crippen LogP contribution in [0.3, 0.4) is 0 Å². The van der Waals surface area contributed by atoms with Gasteiger partial charge in [-0.2, -0.15) is 0 Å². The van der Waals surface area contributed by atoms with Crippen LogP contribution in [0.5, 0.6) is 28.7 Å². The van der Waals surface area contributed by atoms with Gasteiger partial charge in [-0.05, 0) is 112 Å². The van der Waals surface area contributed by atoms with Crippen LogP contribution in [0.15, 0.2) is 84.9 Å². The van der Waals surface area contributed by atoms with Gasteiger partial charge in [-0.3, -0.25) is 0 Å². The minimum atomic E-state index is -0.197. The fourth-order valence-corrected chi connectivity index (χ4v) is 9.85. The first-order valence-electron chi connectivity index (χ1n) is 17.8. The summed E-state index contributed by atoms with van der Waals surface area (Å²) >= 11 is 0. The van der Waals surface area contributed by atoms with Crippen LogP contribution in [0.1, 0.15) is 58.1 Å². The molecule has 0 unspecified atom stereocenters. The molecule has 1 saturated carbocycles. The third-order valence-corrected chi connectivity index (χ3v) is 11.1. The molecular formula is C44H47NO5. The molecule has 0 amide bonds. The van der Waals surface area contributed by atoms with Crippen molar-refractivity contribution in [1.82, 2.24) is 0 Å². The van der Waals surface area contributed by atoms with Gasteiger partial charge in [0.05, 0.1) is 27.4 Å². The lowest BCUT2D eigenvalue weighted by Crippen LogP contribution is -2.43. The van der Waals surface area contributed by atoms with E-state index >= 15 is 0 Å². The largest absolute Gasteiger partial charge is 0.507 e.